The van der Waals surface area contributed by atoms with E-state index in [2.05, 4.69) is 5.32 Å². The third kappa shape index (κ3) is 3.08. The van der Waals surface area contributed by atoms with Crippen LogP contribution < -0.4 is 10.1 Å². The minimum Gasteiger partial charge on any atom is -0.491 e. The van der Waals surface area contributed by atoms with Crippen molar-refractivity contribution >= 4 is 20.9 Å². The molecule has 4 rings (SSSR count). The van der Waals surface area contributed by atoms with E-state index in [9.17, 15) is 12.8 Å². The first-order valence-corrected chi connectivity index (χ1v) is 9.97. The van der Waals surface area contributed by atoms with Crippen molar-refractivity contribution in [2.24, 2.45) is 0 Å². The predicted octanol–water partition coefficient (Wildman–Crippen LogP) is 3.15. The molecule has 1 saturated heterocycles. The highest BCUT2D eigenvalue weighted by Crippen LogP contribution is 2.29. The van der Waals surface area contributed by atoms with Gasteiger partial charge in [-0.2, -0.15) is 0 Å². The summed E-state index contributed by atoms with van der Waals surface area (Å²) in [7, 11) is -3.88. The number of rotatable bonds is 5. The fourth-order valence-electron chi connectivity index (χ4n) is 3.28. The molecule has 1 aliphatic heterocycles. The van der Waals surface area contributed by atoms with Gasteiger partial charge in [-0.15, -0.1) is 0 Å². The van der Waals surface area contributed by atoms with Crippen LogP contribution in [-0.2, 0) is 10.0 Å². The van der Waals surface area contributed by atoms with Crippen LogP contribution in [0.25, 0.3) is 10.9 Å². The first-order valence-electron chi connectivity index (χ1n) is 8.53. The van der Waals surface area contributed by atoms with Crippen LogP contribution in [0.4, 0.5) is 4.39 Å². The van der Waals surface area contributed by atoms with Crippen molar-refractivity contribution in [1.29, 1.82) is 0 Å². The molecular weight excluding hydrogens is 355 g/mol. The zero-order chi connectivity index (χ0) is 18.1. The van der Waals surface area contributed by atoms with Crippen LogP contribution in [0.1, 0.15) is 12.8 Å². The summed E-state index contributed by atoms with van der Waals surface area (Å²) in [6.45, 7) is 1.54. The van der Waals surface area contributed by atoms with Gasteiger partial charge >= 0.3 is 0 Å². The Labute approximate surface area is 151 Å². The quantitative estimate of drug-likeness (QED) is 0.745. The lowest BCUT2D eigenvalue weighted by molar-refractivity contribution is 0.280. The average molecular weight is 374 g/mol. The van der Waals surface area contributed by atoms with Crippen LogP contribution in [-0.4, -0.2) is 31.6 Å². The molecule has 0 bridgehead atoms. The van der Waals surface area contributed by atoms with Crippen molar-refractivity contribution in [1.82, 2.24) is 9.29 Å². The molecular formula is C19H19FN2O3S. The number of ether oxygens (including phenoxy) is 1. The van der Waals surface area contributed by atoms with E-state index in [0.717, 1.165) is 29.4 Å². The normalized spacial score (nSPS) is 17.7. The molecule has 1 atom stereocenters. The van der Waals surface area contributed by atoms with Crippen molar-refractivity contribution in [3.63, 3.8) is 0 Å². The second kappa shape index (κ2) is 6.74. The zero-order valence-corrected chi connectivity index (χ0v) is 14.9. The van der Waals surface area contributed by atoms with E-state index in [4.69, 9.17) is 4.74 Å². The Hall–Kier alpha value is -2.38. The highest BCUT2D eigenvalue weighted by Gasteiger charge is 2.21. The van der Waals surface area contributed by atoms with Crippen LogP contribution in [0, 0.1) is 5.82 Å². The summed E-state index contributed by atoms with van der Waals surface area (Å²) < 4.78 is 46.3. The van der Waals surface area contributed by atoms with Gasteiger partial charge in [0.1, 0.15) is 18.2 Å². The van der Waals surface area contributed by atoms with E-state index >= 15 is 0 Å². The Kier molecular flexibility index (Phi) is 4.42. The van der Waals surface area contributed by atoms with Gasteiger partial charge in [-0.1, -0.05) is 12.1 Å². The number of hydrogen-bond donors (Lipinski definition) is 1. The molecule has 7 heteroatoms. The number of benzene rings is 2. The second-order valence-corrected chi connectivity index (χ2v) is 8.18. The molecule has 2 aromatic carbocycles. The molecule has 2 heterocycles. The smallest absolute Gasteiger partial charge is 0.268 e. The van der Waals surface area contributed by atoms with Crippen molar-refractivity contribution in [2.45, 2.75) is 23.8 Å². The number of fused-ring (bicyclic) bond motifs is 1. The molecule has 1 N–H and O–H groups in total. The van der Waals surface area contributed by atoms with Crippen molar-refractivity contribution in [2.75, 3.05) is 13.2 Å². The lowest BCUT2D eigenvalue weighted by Gasteiger charge is -2.13. The third-order valence-electron chi connectivity index (χ3n) is 4.61. The molecule has 1 aromatic heterocycles. The molecule has 0 spiro atoms. The Morgan fingerprint density at radius 3 is 2.81 bits per heavy atom. The number of nitrogens with one attached hydrogen (secondary N) is 1. The van der Waals surface area contributed by atoms with Gasteiger partial charge in [0.2, 0.25) is 0 Å². The van der Waals surface area contributed by atoms with Gasteiger partial charge in [-0.25, -0.2) is 16.8 Å². The molecule has 1 aliphatic rings. The maximum Gasteiger partial charge on any atom is 0.268 e. The molecule has 1 unspecified atom stereocenters. The summed E-state index contributed by atoms with van der Waals surface area (Å²) in [5, 5.41) is 4.08. The van der Waals surface area contributed by atoms with E-state index in [1.54, 1.807) is 18.2 Å². The minimum atomic E-state index is -3.88. The van der Waals surface area contributed by atoms with Crippen LogP contribution in [0.3, 0.4) is 0 Å². The fourth-order valence-corrected chi connectivity index (χ4v) is 4.66. The van der Waals surface area contributed by atoms with Gasteiger partial charge < -0.3 is 10.1 Å². The van der Waals surface area contributed by atoms with Crippen LogP contribution in [0.15, 0.2) is 59.6 Å². The van der Waals surface area contributed by atoms with Gasteiger partial charge in [0, 0.05) is 17.6 Å². The topological polar surface area (TPSA) is 60.3 Å². The molecule has 3 aromatic rings. The zero-order valence-electron chi connectivity index (χ0n) is 14.1. The maximum absolute atomic E-state index is 13.5. The number of halogens is 1. The van der Waals surface area contributed by atoms with E-state index in [-0.39, 0.29) is 4.90 Å². The summed E-state index contributed by atoms with van der Waals surface area (Å²) >= 11 is 0. The van der Waals surface area contributed by atoms with Crippen molar-refractivity contribution < 1.29 is 17.5 Å². The lowest BCUT2D eigenvalue weighted by atomic mass is 10.2. The largest absolute Gasteiger partial charge is 0.491 e. The molecule has 26 heavy (non-hydrogen) atoms. The summed E-state index contributed by atoms with van der Waals surface area (Å²) in [5.41, 5.74) is 0.506. The van der Waals surface area contributed by atoms with Crippen molar-refractivity contribution in [3.05, 3.63) is 60.5 Å². The molecule has 1 fully saturated rings. The molecule has 0 radical (unpaired) electrons. The van der Waals surface area contributed by atoms with E-state index in [0.29, 0.717) is 29.3 Å². The van der Waals surface area contributed by atoms with Gasteiger partial charge in [-0.3, -0.25) is 0 Å². The third-order valence-corrected chi connectivity index (χ3v) is 6.30. The number of aromatic nitrogens is 1. The lowest BCUT2D eigenvalue weighted by Crippen LogP contribution is -2.28. The first kappa shape index (κ1) is 17.1. The van der Waals surface area contributed by atoms with Gasteiger partial charge in [-0.05, 0) is 55.8 Å². The van der Waals surface area contributed by atoms with Crippen LogP contribution in [0.2, 0.25) is 0 Å². The van der Waals surface area contributed by atoms with Gasteiger partial charge in [0.05, 0.1) is 10.4 Å². The minimum absolute atomic E-state index is 0.0866. The molecule has 0 saturated carbocycles. The highest BCUT2D eigenvalue weighted by atomic mass is 32.2. The van der Waals surface area contributed by atoms with E-state index in [1.165, 1.54) is 24.4 Å². The predicted molar refractivity (Wildman–Crippen MR) is 97.4 cm³/mol. The Morgan fingerprint density at radius 2 is 2.04 bits per heavy atom. The van der Waals surface area contributed by atoms with E-state index in [1.807, 2.05) is 6.07 Å². The highest BCUT2D eigenvalue weighted by molar-refractivity contribution is 7.90. The second-order valence-electron chi connectivity index (χ2n) is 6.37. The standard InChI is InChI=1S/C19H19FN2O3S/c20-14-4-1-6-16(12-14)26(23,24)22-11-9-17-18(22)7-2-8-19(17)25-13-15-5-3-10-21-15/h1-2,4,6-9,11-12,15,21H,3,5,10,13H2. The summed E-state index contributed by atoms with van der Waals surface area (Å²) in [5.74, 6) is 0.0556. The Bertz CT molecular complexity index is 1040. The SMILES string of the molecule is O=S(=O)(c1cccc(F)c1)n1ccc2c(OCC3CCCN3)cccc21. The van der Waals surface area contributed by atoms with Crippen LogP contribution >= 0.6 is 0 Å². The Morgan fingerprint density at radius 1 is 1.19 bits per heavy atom. The summed E-state index contributed by atoms with van der Waals surface area (Å²) in [6.07, 6.45) is 3.69. The van der Waals surface area contributed by atoms with E-state index < -0.39 is 15.8 Å². The molecule has 136 valence electrons. The monoisotopic (exact) mass is 374 g/mol. The van der Waals surface area contributed by atoms with Crippen LogP contribution in [0.5, 0.6) is 5.75 Å². The molecule has 0 amide bonds. The van der Waals surface area contributed by atoms with Crippen molar-refractivity contribution in [3.8, 4) is 5.75 Å². The number of nitrogens with zero attached hydrogens (tertiary/aromatic N) is 1. The first-order chi connectivity index (χ1) is 12.6. The maximum atomic E-state index is 13.5. The summed E-state index contributed by atoms with van der Waals surface area (Å²) in [6, 6.07) is 12.4. The van der Waals surface area contributed by atoms with Gasteiger partial charge in [0.25, 0.3) is 10.0 Å². The average Bonchev–Trinajstić information content (AvgIpc) is 3.30. The fraction of sp³-hybridized carbons (Fsp3) is 0.263. The molecule has 0 aliphatic carbocycles. The summed E-state index contributed by atoms with van der Waals surface area (Å²) in [4.78, 5) is -0.0866. The molecule has 5 nitrogen and oxygen atoms in total. The van der Waals surface area contributed by atoms with Gasteiger partial charge in [0.15, 0.2) is 0 Å². The number of hydrogen-bond acceptors (Lipinski definition) is 4. The Balaban J connectivity index is 1.70.